The maximum Gasteiger partial charge on any atom is 0.000469 e. The normalized spacial score (nSPS) is 17.8. The van der Waals surface area contributed by atoms with E-state index in [2.05, 4.69) is 114 Å². The SMILES string of the molecule is CCC(c1ccccc1)=c1ccc2c(c1C1=C(C)C(C(C)C)=CC1C)C=c1ccccc1=2. The van der Waals surface area contributed by atoms with Gasteiger partial charge in [0.1, 0.15) is 0 Å². The molecule has 0 spiro atoms. The molecule has 0 fully saturated rings. The number of fused-ring (bicyclic) bond motifs is 2. The van der Waals surface area contributed by atoms with E-state index in [1.807, 2.05) is 0 Å². The highest BCUT2D eigenvalue weighted by Gasteiger charge is 2.27. The Balaban J connectivity index is 1.95. The quantitative estimate of drug-likeness (QED) is 0.346. The van der Waals surface area contributed by atoms with Crippen molar-refractivity contribution in [2.75, 3.05) is 0 Å². The van der Waals surface area contributed by atoms with E-state index in [9.17, 15) is 0 Å². The van der Waals surface area contributed by atoms with Crippen molar-refractivity contribution in [2.24, 2.45) is 11.8 Å². The van der Waals surface area contributed by atoms with Crippen molar-refractivity contribution in [1.82, 2.24) is 0 Å². The first kappa shape index (κ1) is 20.8. The summed E-state index contributed by atoms with van der Waals surface area (Å²) in [5.74, 6) is 0.962. The van der Waals surface area contributed by atoms with Crippen LogP contribution in [0.15, 0.2) is 84.0 Å². The smallest absolute Gasteiger partial charge is 0.000469 e. The molecular weight excluding hydrogens is 384 g/mol. The molecule has 0 radical (unpaired) electrons. The molecule has 0 N–H and O–H groups in total. The lowest BCUT2D eigenvalue weighted by Crippen LogP contribution is -2.17. The molecule has 0 heterocycles. The van der Waals surface area contributed by atoms with Crippen molar-refractivity contribution in [1.29, 1.82) is 0 Å². The molecule has 0 aromatic heterocycles. The summed E-state index contributed by atoms with van der Waals surface area (Å²) in [6.07, 6.45) is 5.92. The number of allylic oxidation sites excluding steroid dienone is 4. The Hall–Kier alpha value is -3.12. The van der Waals surface area contributed by atoms with E-state index in [0.717, 1.165) is 6.42 Å². The summed E-state index contributed by atoms with van der Waals surface area (Å²) in [7, 11) is 0. The lowest BCUT2D eigenvalue weighted by Gasteiger charge is -2.18. The first-order valence-electron chi connectivity index (χ1n) is 12.0. The van der Waals surface area contributed by atoms with E-state index in [0.29, 0.717) is 11.8 Å². The zero-order valence-corrected chi connectivity index (χ0v) is 19.9. The second-order valence-corrected chi connectivity index (χ2v) is 9.48. The highest BCUT2D eigenvalue weighted by atomic mass is 14.3. The van der Waals surface area contributed by atoms with Crippen LogP contribution >= 0.6 is 0 Å². The van der Waals surface area contributed by atoms with E-state index in [1.165, 1.54) is 59.9 Å². The van der Waals surface area contributed by atoms with Gasteiger partial charge in [-0.3, -0.25) is 0 Å². The van der Waals surface area contributed by atoms with Crippen LogP contribution in [-0.4, -0.2) is 0 Å². The van der Waals surface area contributed by atoms with Crippen LogP contribution < -0.4 is 10.4 Å². The van der Waals surface area contributed by atoms with Crippen LogP contribution in [0.4, 0.5) is 0 Å². The monoisotopic (exact) mass is 416 g/mol. The minimum atomic E-state index is 0.420. The minimum absolute atomic E-state index is 0.420. The third kappa shape index (κ3) is 3.21. The molecule has 0 saturated carbocycles. The van der Waals surface area contributed by atoms with Crippen LogP contribution in [0.2, 0.25) is 0 Å². The van der Waals surface area contributed by atoms with Gasteiger partial charge >= 0.3 is 0 Å². The second-order valence-electron chi connectivity index (χ2n) is 9.48. The first-order valence-corrected chi connectivity index (χ1v) is 12.0. The molecule has 0 saturated heterocycles. The highest BCUT2D eigenvalue weighted by Crippen LogP contribution is 2.41. The highest BCUT2D eigenvalue weighted by molar-refractivity contribution is 5.86. The van der Waals surface area contributed by atoms with Crippen LogP contribution in [0.5, 0.6) is 0 Å². The van der Waals surface area contributed by atoms with Gasteiger partial charge in [0.2, 0.25) is 0 Å². The lowest BCUT2D eigenvalue weighted by atomic mass is 9.85. The number of hydrogen-bond donors (Lipinski definition) is 0. The van der Waals surface area contributed by atoms with Gasteiger partial charge in [0.05, 0.1) is 0 Å². The van der Waals surface area contributed by atoms with Gasteiger partial charge in [-0.25, -0.2) is 0 Å². The molecule has 160 valence electrons. The first-order chi connectivity index (χ1) is 15.5. The van der Waals surface area contributed by atoms with Gasteiger partial charge in [-0.05, 0) is 85.2 Å². The van der Waals surface area contributed by atoms with Gasteiger partial charge in [-0.1, -0.05) is 101 Å². The maximum atomic E-state index is 2.49. The van der Waals surface area contributed by atoms with Gasteiger partial charge in [-0.15, -0.1) is 0 Å². The Morgan fingerprint density at radius 1 is 0.875 bits per heavy atom. The molecule has 0 bridgehead atoms. The van der Waals surface area contributed by atoms with Crippen LogP contribution in [-0.2, 0) is 0 Å². The summed E-state index contributed by atoms with van der Waals surface area (Å²) in [6, 6.07) is 24.5. The van der Waals surface area contributed by atoms with Gasteiger partial charge in [0, 0.05) is 5.92 Å². The van der Waals surface area contributed by atoms with Crippen molar-refractivity contribution in [3.8, 4) is 0 Å². The molecule has 2 aliphatic carbocycles. The third-order valence-electron chi connectivity index (χ3n) is 7.21. The van der Waals surface area contributed by atoms with Gasteiger partial charge in [0.25, 0.3) is 0 Å². The van der Waals surface area contributed by atoms with Crippen molar-refractivity contribution in [3.05, 3.63) is 122 Å². The number of rotatable bonds is 4. The Labute approximate surface area is 191 Å². The summed E-state index contributed by atoms with van der Waals surface area (Å²) in [6.45, 7) is 11.6. The van der Waals surface area contributed by atoms with Crippen molar-refractivity contribution in [2.45, 2.75) is 41.0 Å². The topological polar surface area (TPSA) is 0 Å². The molecule has 32 heavy (non-hydrogen) atoms. The Kier molecular flexibility index (Phi) is 5.25. The van der Waals surface area contributed by atoms with E-state index < -0.39 is 0 Å². The summed E-state index contributed by atoms with van der Waals surface area (Å²) >= 11 is 0. The minimum Gasteiger partial charge on any atom is -0.0735 e. The lowest BCUT2D eigenvalue weighted by molar-refractivity contribution is 0.776. The summed E-state index contributed by atoms with van der Waals surface area (Å²) in [4.78, 5) is 0. The van der Waals surface area contributed by atoms with Gasteiger partial charge in [-0.2, -0.15) is 0 Å². The van der Waals surface area contributed by atoms with E-state index in [4.69, 9.17) is 0 Å². The number of hydrogen-bond acceptors (Lipinski definition) is 0. The van der Waals surface area contributed by atoms with E-state index in [1.54, 1.807) is 0 Å². The fourth-order valence-corrected chi connectivity index (χ4v) is 5.77. The average molecular weight is 417 g/mol. The largest absolute Gasteiger partial charge is 0.0735 e. The van der Waals surface area contributed by atoms with Gasteiger partial charge in [0.15, 0.2) is 0 Å². The zero-order valence-electron chi connectivity index (χ0n) is 19.9. The molecule has 0 heteroatoms. The molecule has 2 aliphatic rings. The van der Waals surface area contributed by atoms with Crippen molar-refractivity contribution in [3.63, 3.8) is 0 Å². The Morgan fingerprint density at radius 3 is 2.28 bits per heavy atom. The number of benzene rings is 3. The molecule has 0 aliphatic heterocycles. The Morgan fingerprint density at radius 2 is 1.59 bits per heavy atom. The van der Waals surface area contributed by atoms with Crippen LogP contribution in [0, 0.1) is 22.3 Å². The predicted molar refractivity (Wildman–Crippen MR) is 137 cm³/mol. The fourth-order valence-electron chi connectivity index (χ4n) is 5.77. The molecule has 5 rings (SSSR count). The molecule has 1 unspecified atom stereocenters. The zero-order chi connectivity index (χ0) is 22.4. The second kappa shape index (κ2) is 8.10. The van der Waals surface area contributed by atoms with Crippen LogP contribution in [0.3, 0.4) is 0 Å². The summed E-state index contributed by atoms with van der Waals surface area (Å²) in [5, 5.41) is 5.45. The predicted octanol–water partition coefficient (Wildman–Crippen LogP) is 6.73. The fraction of sp³-hybridized carbons (Fsp3) is 0.250. The molecule has 3 aromatic rings. The molecule has 3 aromatic carbocycles. The van der Waals surface area contributed by atoms with Gasteiger partial charge < -0.3 is 0 Å². The van der Waals surface area contributed by atoms with E-state index >= 15 is 0 Å². The molecule has 0 amide bonds. The summed E-state index contributed by atoms with van der Waals surface area (Å²) < 4.78 is 0. The standard InChI is InChI=1S/C32H32/c1-6-25(23-12-8-7-9-13-23)28-17-16-27-26-15-11-10-14-24(26)19-30(27)32(28)31-21(4)18-29(20(2)3)22(31)5/h7-21H,6H2,1-5H3. The molecule has 1 atom stereocenters. The van der Waals surface area contributed by atoms with Crippen molar-refractivity contribution >= 4 is 17.2 Å². The molecular formula is C32H32. The Bertz CT molecular complexity index is 1480. The van der Waals surface area contributed by atoms with Crippen molar-refractivity contribution < 1.29 is 0 Å². The maximum absolute atomic E-state index is 2.49. The van der Waals surface area contributed by atoms with Crippen LogP contribution in [0.25, 0.3) is 17.2 Å². The summed E-state index contributed by atoms with van der Waals surface area (Å²) in [5.41, 5.74) is 10.1. The average Bonchev–Trinajstić information content (AvgIpc) is 3.32. The van der Waals surface area contributed by atoms with E-state index in [-0.39, 0.29) is 0 Å². The third-order valence-corrected chi connectivity index (χ3v) is 7.21. The molecule has 0 nitrogen and oxygen atoms in total. The van der Waals surface area contributed by atoms with Crippen LogP contribution in [0.1, 0.15) is 57.7 Å².